The average molecular weight is 254 g/mol. The topological polar surface area (TPSA) is 68.3 Å². The molecule has 0 spiro atoms. The third kappa shape index (κ3) is 4.11. The van der Waals surface area contributed by atoms with Gasteiger partial charge in [0.1, 0.15) is 5.78 Å². The van der Waals surface area contributed by atoms with Crippen LogP contribution in [0.3, 0.4) is 0 Å². The van der Waals surface area contributed by atoms with E-state index in [-0.39, 0.29) is 29.3 Å². The van der Waals surface area contributed by atoms with Gasteiger partial charge in [-0.05, 0) is 19.1 Å². The summed E-state index contributed by atoms with van der Waals surface area (Å²) in [5.74, 6) is -0.189. The molecule has 1 aromatic rings. The molecule has 0 saturated carbocycles. The summed E-state index contributed by atoms with van der Waals surface area (Å²) in [4.78, 5) is 22.5. The molecule has 0 N–H and O–H groups in total. The van der Waals surface area contributed by atoms with Gasteiger partial charge in [-0.3, -0.25) is 4.79 Å². The maximum atomic E-state index is 11.6. The summed E-state index contributed by atoms with van der Waals surface area (Å²) >= 11 is 0. The van der Waals surface area contributed by atoms with Crippen molar-refractivity contribution in [1.29, 1.82) is 0 Å². The Labute approximate surface area is 101 Å². The van der Waals surface area contributed by atoms with Crippen LogP contribution in [-0.2, 0) is 14.6 Å². The van der Waals surface area contributed by atoms with E-state index in [1.165, 1.54) is 31.2 Å². The first kappa shape index (κ1) is 13.6. The Morgan fingerprint density at radius 2 is 1.59 bits per heavy atom. The van der Waals surface area contributed by atoms with Gasteiger partial charge >= 0.3 is 0 Å². The molecule has 1 rings (SSSR count). The molecule has 17 heavy (non-hydrogen) atoms. The van der Waals surface area contributed by atoms with E-state index in [1.807, 2.05) is 0 Å². The fraction of sp³-hybridized carbons (Fsp3) is 0.333. The second-order valence-corrected chi connectivity index (χ2v) is 5.94. The first-order chi connectivity index (χ1) is 7.80. The van der Waals surface area contributed by atoms with Crippen LogP contribution in [0.15, 0.2) is 29.2 Å². The van der Waals surface area contributed by atoms with Gasteiger partial charge in [0.15, 0.2) is 15.6 Å². The van der Waals surface area contributed by atoms with Crippen LogP contribution >= 0.6 is 0 Å². The van der Waals surface area contributed by atoms with E-state index >= 15 is 0 Å². The minimum Gasteiger partial charge on any atom is -0.300 e. The number of benzene rings is 1. The van der Waals surface area contributed by atoms with Gasteiger partial charge in [0, 0.05) is 24.7 Å². The predicted octanol–water partition coefficient (Wildman–Crippen LogP) is 1.64. The van der Waals surface area contributed by atoms with Crippen molar-refractivity contribution in [2.24, 2.45) is 0 Å². The minimum absolute atomic E-state index is 0.0360. The van der Waals surface area contributed by atoms with Gasteiger partial charge in [-0.15, -0.1) is 0 Å². The Hall–Kier alpha value is -1.49. The van der Waals surface area contributed by atoms with Crippen LogP contribution in [0.2, 0.25) is 0 Å². The lowest BCUT2D eigenvalue weighted by atomic mass is 10.1. The minimum atomic E-state index is -3.24. The standard InChI is InChI=1S/C12H14O4S/c1-9(13)3-8-12(14)10-4-6-11(7-5-10)17(2,15)16/h4-7H,3,8H2,1-2H3. The van der Waals surface area contributed by atoms with Crippen LogP contribution in [0.4, 0.5) is 0 Å². The lowest BCUT2D eigenvalue weighted by molar-refractivity contribution is -0.116. The highest BCUT2D eigenvalue weighted by Crippen LogP contribution is 2.12. The molecule has 0 aliphatic heterocycles. The van der Waals surface area contributed by atoms with Crippen molar-refractivity contribution in [3.05, 3.63) is 29.8 Å². The van der Waals surface area contributed by atoms with Gasteiger partial charge in [0.25, 0.3) is 0 Å². The zero-order valence-electron chi connectivity index (χ0n) is 9.76. The molecule has 0 bridgehead atoms. The summed E-state index contributed by atoms with van der Waals surface area (Å²) < 4.78 is 22.4. The van der Waals surface area contributed by atoms with Gasteiger partial charge < -0.3 is 4.79 Å². The lowest BCUT2D eigenvalue weighted by Crippen LogP contribution is -2.03. The smallest absolute Gasteiger partial charge is 0.175 e. The number of hydrogen-bond donors (Lipinski definition) is 0. The number of hydrogen-bond acceptors (Lipinski definition) is 4. The van der Waals surface area contributed by atoms with Crippen LogP contribution in [-0.4, -0.2) is 26.2 Å². The highest BCUT2D eigenvalue weighted by molar-refractivity contribution is 7.90. The number of carbonyl (C=O) groups is 2. The molecule has 0 radical (unpaired) electrons. The lowest BCUT2D eigenvalue weighted by Gasteiger charge is -2.01. The molecular weight excluding hydrogens is 240 g/mol. The summed E-state index contributed by atoms with van der Waals surface area (Å²) in [6, 6.07) is 5.74. The van der Waals surface area contributed by atoms with E-state index in [9.17, 15) is 18.0 Å². The number of carbonyl (C=O) groups excluding carboxylic acids is 2. The van der Waals surface area contributed by atoms with Crippen LogP contribution in [0.5, 0.6) is 0 Å². The molecule has 0 aromatic heterocycles. The van der Waals surface area contributed by atoms with Crippen LogP contribution in [0.1, 0.15) is 30.1 Å². The second kappa shape index (κ2) is 5.23. The molecule has 1 aromatic carbocycles. The number of Topliss-reactive ketones (excluding diaryl/α,β-unsaturated/α-hetero) is 2. The van der Waals surface area contributed by atoms with Gasteiger partial charge in [-0.1, -0.05) is 12.1 Å². The summed E-state index contributed by atoms with van der Waals surface area (Å²) in [7, 11) is -3.24. The normalized spacial score (nSPS) is 11.2. The monoisotopic (exact) mass is 254 g/mol. The Bertz CT molecular complexity index is 526. The van der Waals surface area contributed by atoms with E-state index in [2.05, 4.69) is 0 Å². The summed E-state index contributed by atoms with van der Waals surface area (Å²) in [6.07, 6.45) is 1.49. The third-order valence-electron chi connectivity index (χ3n) is 2.31. The molecule has 0 aliphatic rings. The molecule has 0 fully saturated rings. The van der Waals surface area contributed by atoms with Gasteiger partial charge in [-0.2, -0.15) is 0 Å². The molecule has 5 heteroatoms. The Kier molecular flexibility index (Phi) is 4.17. The van der Waals surface area contributed by atoms with E-state index in [4.69, 9.17) is 0 Å². The highest BCUT2D eigenvalue weighted by Gasteiger charge is 2.10. The Balaban J connectivity index is 2.81. The molecule has 0 atom stereocenters. The van der Waals surface area contributed by atoms with E-state index in [0.717, 1.165) is 6.26 Å². The van der Waals surface area contributed by atoms with Crippen LogP contribution < -0.4 is 0 Å². The molecule has 0 saturated heterocycles. The van der Waals surface area contributed by atoms with E-state index in [0.29, 0.717) is 5.56 Å². The number of rotatable bonds is 5. The van der Waals surface area contributed by atoms with Gasteiger partial charge in [-0.25, -0.2) is 8.42 Å². The molecule has 0 unspecified atom stereocenters. The average Bonchev–Trinajstić information content (AvgIpc) is 2.25. The molecule has 4 nitrogen and oxygen atoms in total. The van der Waals surface area contributed by atoms with Crippen LogP contribution in [0.25, 0.3) is 0 Å². The fourth-order valence-corrected chi connectivity index (χ4v) is 1.95. The SMILES string of the molecule is CC(=O)CCC(=O)c1ccc(S(C)(=O)=O)cc1. The summed E-state index contributed by atoms with van der Waals surface area (Å²) in [5, 5.41) is 0. The van der Waals surface area contributed by atoms with Crippen molar-refractivity contribution in [1.82, 2.24) is 0 Å². The van der Waals surface area contributed by atoms with Crippen molar-refractivity contribution in [3.63, 3.8) is 0 Å². The molecule has 92 valence electrons. The first-order valence-corrected chi connectivity index (χ1v) is 7.02. The van der Waals surface area contributed by atoms with Crippen molar-refractivity contribution in [2.45, 2.75) is 24.7 Å². The maximum absolute atomic E-state index is 11.6. The molecule has 0 aliphatic carbocycles. The number of sulfone groups is 1. The van der Waals surface area contributed by atoms with E-state index in [1.54, 1.807) is 0 Å². The maximum Gasteiger partial charge on any atom is 0.175 e. The van der Waals surface area contributed by atoms with Crippen molar-refractivity contribution in [3.8, 4) is 0 Å². The fourth-order valence-electron chi connectivity index (χ4n) is 1.32. The van der Waals surface area contributed by atoms with Gasteiger partial charge in [0.2, 0.25) is 0 Å². The summed E-state index contributed by atoms with van der Waals surface area (Å²) in [5.41, 5.74) is 0.429. The zero-order valence-corrected chi connectivity index (χ0v) is 10.6. The Morgan fingerprint density at radius 3 is 2.00 bits per heavy atom. The van der Waals surface area contributed by atoms with Crippen molar-refractivity contribution < 1.29 is 18.0 Å². The van der Waals surface area contributed by atoms with Crippen LogP contribution in [0, 0.1) is 0 Å². The number of ketones is 2. The first-order valence-electron chi connectivity index (χ1n) is 5.13. The Morgan fingerprint density at radius 1 is 1.06 bits per heavy atom. The highest BCUT2D eigenvalue weighted by atomic mass is 32.2. The molecule has 0 heterocycles. The van der Waals surface area contributed by atoms with Gasteiger partial charge in [0.05, 0.1) is 4.90 Å². The molecule has 0 amide bonds. The van der Waals surface area contributed by atoms with E-state index < -0.39 is 9.84 Å². The largest absolute Gasteiger partial charge is 0.300 e. The third-order valence-corrected chi connectivity index (χ3v) is 3.44. The summed E-state index contributed by atoms with van der Waals surface area (Å²) in [6.45, 7) is 1.43. The van der Waals surface area contributed by atoms with Crippen molar-refractivity contribution >= 4 is 21.4 Å². The zero-order chi connectivity index (χ0) is 13.1. The molecular formula is C12H14O4S. The van der Waals surface area contributed by atoms with Crippen molar-refractivity contribution in [2.75, 3.05) is 6.26 Å². The predicted molar refractivity (Wildman–Crippen MR) is 63.8 cm³/mol. The second-order valence-electron chi connectivity index (χ2n) is 3.92. The quantitative estimate of drug-likeness (QED) is 0.749.